The number of rotatable bonds is 2. The average Bonchev–Trinajstić information content (AvgIpc) is 1.65. The van der Waals surface area contributed by atoms with Crippen LogP contribution in [0.3, 0.4) is 0 Å². The summed E-state index contributed by atoms with van der Waals surface area (Å²) >= 11 is 0. The fourth-order valence-electron chi connectivity index (χ4n) is 0.0556. The Morgan fingerprint density at radius 3 is 2.33 bits per heavy atom. The molecule has 0 aliphatic rings. The van der Waals surface area contributed by atoms with Crippen molar-refractivity contribution in [3.8, 4) is 0 Å². The Kier molecular flexibility index (Phi) is 2.33. The second-order valence-electron chi connectivity index (χ2n) is 0.949. The van der Waals surface area contributed by atoms with Gasteiger partial charge in [0, 0.05) is 0 Å². The summed E-state index contributed by atoms with van der Waals surface area (Å²) in [5.74, 6) is 0. The van der Waals surface area contributed by atoms with Crippen molar-refractivity contribution < 1.29 is 4.79 Å². The third kappa shape index (κ3) is 1.67. The molecule has 1 unspecified atom stereocenters. The number of carbonyl (C=O) groups is 1. The Bertz CT molecular complexity index is 52.6. The highest BCUT2D eigenvalue weighted by molar-refractivity contribution is 5.59. The molecule has 0 aliphatic carbocycles. The molecule has 0 bridgehead atoms. The zero-order valence-electron chi connectivity index (χ0n) is 3.42. The Balaban J connectivity index is 3.21. The first-order chi connectivity index (χ1) is 2.81. The lowest BCUT2D eigenvalue weighted by Gasteiger charge is -1.85. The summed E-state index contributed by atoms with van der Waals surface area (Å²) in [5, 5.41) is 0. The molecule has 0 rings (SSSR count). The summed E-state index contributed by atoms with van der Waals surface area (Å²) < 4.78 is 0. The maximum absolute atomic E-state index is 9.54. The molecule has 0 aromatic rings. The van der Waals surface area contributed by atoms with Gasteiger partial charge in [-0.25, -0.2) is 0 Å². The lowest BCUT2D eigenvalue weighted by Crippen LogP contribution is -2.16. The van der Waals surface area contributed by atoms with Gasteiger partial charge in [0.1, 0.15) is 6.29 Å². The molecule has 2 heteroatoms. The molecule has 2 N–H and O–H groups in total. The Morgan fingerprint density at radius 1 is 1.83 bits per heavy atom. The number of hydrogen-bond acceptors (Lipinski definition) is 2. The van der Waals surface area contributed by atoms with E-state index in [1.54, 1.807) is 0 Å². The fraction of sp³-hybridized carbons (Fsp3) is 0.250. The van der Waals surface area contributed by atoms with E-state index in [1.807, 2.05) is 0 Å². The van der Waals surface area contributed by atoms with E-state index in [-0.39, 0.29) is 0 Å². The first kappa shape index (κ1) is 5.37. The van der Waals surface area contributed by atoms with Crippen molar-refractivity contribution in [1.82, 2.24) is 0 Å². The largest absolute Gasteiger partial charge is 0.319 e. The molecular formula is C4H7NO. The lowest BCUT2D eigenvalue weighted by molar-refractivity contribution is -0.108. The quantitative estimate of drug-likeness (QED) is 0.369. The summed E-state index contributed by atoms with van der Waals surface area (Å²) in [6, 6.07) is -0.481. The van der Waals surface area contributed by atoms with Gasteiger partial charge in [-0.15, -0.1) is 6.58 Å². The van der Waals surface area contributed by atoms with Crippen LogP contribution in [0.25, 0.3) is 0 Å². The monoisotopic (exact) mass is 85.1 g/mol. The molecule has 1 atom stereocenters. The third-order valence-corrected chi connectivity index (χ3v) is 0.429. The summed E-state index contributed by atoms with van der Waals surface area (Å²) in [6.45, 7) is 3.28. The molecule has 2 nitrogen and oxygen atoms in total. The van der Waals surface area contributed by atoms with E-state index in [9.17, 15) is 4.79 Å². The van der Waals surface area contributed by atoms with Gasteiger partial charge in [-0.2, -0.15) is 0 Å². The second-order valence-corrected chi connectivity index (χ2v) is 0.949. The van der Waals surface area contributed by atoms with Gasteiger partial charge in [0.15, 0.2) is 0 Å². The number of carbonyl (C=O) groups excluding carboxylic acids is 1. The van der Waals surface area contributed by atoms with Crippen molar-refractivity contribution >= 4 is 6.29 Å². The molecule has 0 saturated heterocycles. The van der Waals surface area contributed by atoms with Crippen LogP contribution in [0.5, 0.6) is 0 Å². The lowest BCUT2D eigenvalue weighted by atomic mass is 10.4. The number of hydrogen-bond donors (Lipinski definition) is 1. The normalized spacial score (nSPS) is 12.8. The van der Waals surface area contributed by atoms with Gasteiger partial charge in [0.2, 0.25) is 0 Å². The van der Waals surface area contributed by atoms with E-state index >= 15 is 0 Å². The minimum Gasteiger partial charge on any atom is -0.319 e. The molecule has 0 aliphatic heterocycles. The number of nitrogens with two attached hydrogens (primary N) is 1. The summed E-state index contributed by atoms with van der Waals surface area (Å²) in [5.41, 5.74) is 4.99. The van der Waals surface area contributed by atoms with Crippen LogP contribution in [-0.4, -0.2) is 12.3 Å². The Hall–Kier alpha value is -0.630. The van der Waals surface area contributed by atoms with Crippen molar-refractivity contribution in [1.29, 1.82) is 0 Å². The Labute approximate surface area is 36.6 Å². The Morgan fingerprint density at radius 2 is 2.33 bits per heavy atom. The van der Waals surface area contributed by atoms with E-state index in [1.165, 1.54) is 6.08 Å². The average molecular weight is 85.1 g/mol. The molecule has 0 spiro atoms. The minimum absolute atomic E-state index is 0.481. The molecule has 6 heavy (non-hydrogen) atoms. The van der Waals surface area contributed by atoms with Gasteiger partial charge in [-0.1, -0.05) is 6.08 Å². The molecule has 34 valence electrons. The van der Waals surface area contributed by atoms with Crippen LogP contribution in [-0.2, 0) is 4.79 Å². The van der Waals surface area contributed by atoms with Crippen molar-refractivity contribution in [2.45, 2.75) is 6.04 Å². The minimum atomic E-state index is -0.481. The van der Waals surface area contributed by atoms with Gasteiger partial charge >= 0.3 is 0 Å². The molecule has 0 heterocycles. The van der Waals surface area contributed by atoms with Crippen molar-refractivity contribution in [2.75, 3.05) is 0 Å². The molecule has 0 aromatic carbocycles. The van der Waals surface area contributed by atoms with Crippen LogP contribution >= 0.6 is 0 Å². The highest BCUT2D eigenvalue weighted by Gasteiger charge is 1.84. The van der Waals surface area contributed by atoms with E-state index in [2.05, 4.69) is 6.58 Å². The first-order valence-corrected chi connectivity index (χ1v) is 1.64. The topological polar surface area (TPSA) is 43.1 Å². The standard InChI is InChI=1S/C4H7NO/c1-2-4(5)3-6/h2-4H,1,5H2. The van der Waals surface area contributed by atoms with Crippen LogP contribution in [0.15, 0.2) is 12.7 Å². The summed E-state index contributed by atoms with van der Waals surface area (Å²) in [4.78, 5) is 9.54. The maximum Gasteiger partial charge on any atom is 0.140 e. The first-order valence-electron chi connectivity index (χ1n) is 1.64. The molecule has 0 radical (unpaired) electrons. The van der Waals surface area contributed by atoms with Gasteiger partial charge in [0.25, 0.3) is 0 Å². The van der Waals surface area contributed by atoms with E-state index in [0.717, 1.165) is 0 Å². The fourth-order valence-corrected chi connectivity index (χ4v) is 0.0556. The molecular weight excluding hydrogens is 78.0 g/mol. The van der Waals surface area contributed by atoms with Crippen LogP contribution in [0.1, 0.15) is 0 Å². The van der Waals surface area contributed by atoms with E-state index in [0.29, 0.717) is 6.29 Å². The van der Waals surface area contributed by atoms with Gasteiger partial charge in [-0.3, -0.25) is 0 Å². The van der Waals surface area contributed by atoms with Gasteiger partial charge in [0.05, 0.1) is 6.04 Å². The SMILES string of the molecule is C=CC(N)C=O. The van der Waals surface area contributed by atoms with Crippen LogP contribution in [0.4, 0.5) is 0 Å². The van der Waals surface area contributed by atoms with E-state index < -0.39 is 6.04 Å². The zero-order chi connectivity index (χ0) is 4.99. The zero-order valence-corrected chi connectivity index (χ0v) is 3.42. The third-order valence-electron chi connectivity index (χ3n) is 0.429. The molecule has 0 fully saturated rings. The van der Waals surface area contributed by atoms with Crippen molar-refractivity contribution in [3.05, 3.63) is 12.7 Å². The van der Waals surface area contributed by atoms with E-state index in [4.69, 9.17) is 5.73 Å². The maximum atomic E-state index is 9.54. The summed E-state index contributed by atoms with van der Waals surface area (Å²) in [7, 11) is 0. The van der Waals surface area contributed by atoms with Crippen LogP contribution in [0, 0.1) is 0 Å². The van der Waals surface area contributed by atoms with Crippen LogP contribution in [0.2, 0.25) is 0 Å². The predicted molar refractivity (Wildman–Crippen MR) is 24.2 cm³/mol. The predicted octanol–water partition coefficient (Wildman–Crippen LogP) is -0.301. The van der Waals surface area contributed by atoms with Gasteiger partial charge in [-0.05, 0) is 0 Å². The smallest absolute Gasteiger partial charge is 0.140 e. The van der Waals surface area contributed by atoms with Gasteiger partial charge < -0.3 is 10.5 Å². The molecule has 0 amide bonds. The molecule has 0 saturated carbocycles. The number of aldehydes is 1. The second kappa shape index (κ2) is 2.60. The molecule has 0 aromatic heterocycles. The van der Waals surface area contributed by atoms with Crippen LogP contribution < -0.4 is 5.73 Å². The highest BCUT2D eigenvalue weighted by atomic mass is 16.1. The van der Waals surface area contributed by atoms with Crippen molar-refractivity contribution in [2.24, 2.45) is 5.73 Å². The van der Waals surface area contributed by atoms with Crippen molar-refractivity contribution in [3.63, 3.8) is 0 Å². The summed E-state index contributed by atoms with van der Waals surface area (Å²) in [6.07, 6.45) is 2.01. The highest BCUT2D eigenvalue weighted by Crippen LogP contribution is 1.65.